The van der Waals surface area contributed by atoms with Gasteiger partial charge in [-0.3, -0.25) is 0 Å². The van der Waals surface area contributed by atoms with Crippen LogP contribution in [0.2, 0.25) is 25.7 Å². The Balaban J connectivity index is 2.40. The molecule has 0 aliphatic heterocycles. The van der Waals surface area contributed by atoms with Crippen LogP contribution in [-0.4, -0.2) is 37.9 Å². The lowest BCUT2D eigenvalue weighted by atomic mass is 10.1. The van der Waals surface area contributed by atoms with Gasteiger partial charge in [0.05, 0.1) is 6.61 Å². The first kappa shape index (κ1) is 18.2. The number of alkyl carbamates (subject to hydrolysis) is 1. The summed E-state index contributed by atoms with van der Waals surface area (Å²) >= 11 is 0. The van der Waals surface area contributed by atoms with Crippen molar-refractivity contribution >= 4 is 20.1 Å². The molecule has 1 atom stereocenters. The van der Waals surface area contributed by atoms with Crippen LogP contribution in [0.3, 0.4) is 0 Å². The molecule has 0 heterocycles. The van der Waals surface area contributed by atoms with E-state index in [-0.39, 0.29) is 0 Å². The van der Waals surface area contributed by atoms with Gasteiger partial charge in [-0.15, -0.1) is 0 Å². The van der Waals surface area contributed by atoms with Gasteiger partial charge in [-0.25, -0.2) is 9.59 Å². The lowest BCUT2D eigenvalue weighted by molar-refractivity contribution is -0.139. The summed E-state index contributed by atoms with van der Waals surface area (Å²) in [6.07, 6.45) is 0.272. The first-order valence-electron chi connectivity index (χ1n) is 7.48. The van der Waals surface area contributed by atoms with E-state index in [9.17, 15) is 14.7 Å². The van der Waals surface area contributed by atoms with Crippen LogP contribution >= 0.6 is 0 Å². The van der Waals surface area contributed by atoms with E-state index < -0.39 is 26.2 Å². The van der Waals surface area contributed by atoms with E-state index in [4.69, 9.17) is 4.74 Å². The van der Waals surface area contributed by atoms with Crippen molar-refractivity contribution in [1.29, 1.82) is 0 Å². The van der Waals surface area contributed by atoms with E-state index in [1.165, 1.54) is 0 Å². The Morgan fingerprint density at radius 1 is 1.23 bits per heavy atom. The summed E-state index contributed by atoms with van der Waals surface area (Å²) < 4.78 is 5.07. The number of rotatable bonds is 8. The molecule has 0 spiro atoms. The standard InChI is InChI=1S/C16H25NO4Si/c1-22(2,3)12-11-21-16(20)17-14(15(18)19)10-9-13-7-5-4-6-8-13/h4-8,14H,9-12H2,1-3H3,(H,17,20)(H,18,19)/t14-/m0/s1. The molecule has 0 aromatic heterocycles. The number of ether oxygens (including phenoxy) is 1. The summed E-state index contributed by atoms with van der Waals surface area (Å²) in [7, 11) is -1.27. The smallest absolute Gasteiger partial charge is 0.407 e. The third kappa shape index (κ3) is 7.83. The van der Waals surface area contributed by atoms with Crippen molar-refractivity contribution in [2.75, 3.05) is 6.61 Å². The molecule has 6 heteroatoms. The lowest BCUT2D eigenvalue weighted by Gasteiger charge is -2.17. The molecule has 0 saturated heterocycles. The molecule has 0 aliphatic carbocycles. The van der Waals surface area contributed by atoms with E-state index in [1.54, 1.807) is 0 Å². The summed E-state index contributed by atoms with van der Waals surface area (Å²) in [6.45, 7) is 6.91. The number of carbonyl (C=O) groups excluding carboxylic acids is 1. The zero-order valence-corrected chi connectivity index (χ0v) is 14.5. The zero-order valence-electron chi connectivity index (χ0n) is 13.5. The summed E-state index contributed by atoms with van der Waals surface area (Å²) in [4.78, 5) is 22.9. The van der Waals surface area contributed by atoms with E-state index in [1.807, 2.05) is 30.3 Å². The molecule has 0 fully saturated rings. The van der Waals surface area contributed by atoms with Crippen LogP contribution in [0, 0.1) is 0 Å². The largest absolute Gasteiger partial charge is 0.480 e. The van der Waals surface area contributed by atoms with Crippen LogP contribution in [-0.2, 0) is 16.0 Å². The number of amides is 1. The molecule has 1 amide bonds. The summed E-state index contributed by atoms with van der Waals surface area (Å²) in [5.41, 5.74) is 1.04. The highest BCUT2D eigenvalue weighted by Gasteiger charge is 2.21. The maximum absolute atomic E-state index is 11.7. The Labute approximate surface area is 132 Å². The van der Waals surface area contributed by atoms with Crippen LogP contribution in [0.1, 0.15) is 12.0 Å². The third-order valence-electron chi connectivity index (χ3n) is 3.24. The van der Waals surface area contributed by atoms with Crippen LogP contribution in [0.5, 0.6) is 0 Å². The number of aliphatic carboxylic acids is 1. The van der Waals surface area contributed by atoms with Gasteiger partial charge in [-0.2, -0.15) is 0 Å². The van der Waals surface area contributed by atoms with Gasteiger partial charge >= 0.3 is 12.1 Å². The molecule has 0 aliphatic rings. The molecule has 5 nitrogen and oxygen atoms in total. The highest BCUT2D eigenvalue weighted by molar-refractivity contribution is 6.76. The van der Waals surface area contributed by atoms with Gasteiger partial charge in [0, 0.05) is 8.07 Å². The Kier molecular flexibility index (Phi) is 7.11. The number of hydrogen-bond acceptors (Lipinski definition) is 3. The second kappa shape index (κ2) is 8.58. The molecule has 0 unspecified atom stereocenters. The summed E-state index contributed by atoms with van der Waals surface area (Å²) in [6, 6.07) is 9.52. The number of carboxylic acids is 1. The minimum Gasteiger partial charge on any atom is -0.480 e. The maximum Gasteiger partial charge on any atom is 0.407 e. The monoisotopic (exact) mass is 323 g/mol. The first-order chi connectivity index (χ1) is 10.3. The molecule has 1 aromatic carbocycles. The van der Waals surface area contributed by atoms with Gasteiger partial charge in [0.15, 0.2) is 0 Å². The van der Waals surface area contributed by atoms with Crippen molar-refractivity contribution in [3.63, 3.8) is 0 Å². The number of carbonyl (C=O) groups is 2. The minimum absolute atomic E-state index is 0.336. The minimum atomic E-state index is -1.27. The van der Waals surface area contributed by atoms with Crippen LogP contribution in [0.4, 0.5) is 4.79 Å². The van der Waals surface area contributed by atoms with E-state index in [0.29, 0.717) is 19.4 Å². The average Bonchev–Trinajstić information content (AvgIpc) is 2.42. The van der Waals surface area contributed by atoms with Gasteiger partial charge in [-0.05, 0) is 24.4 Å². The van der Waals surface area contributed by atoms with Gasteiger partial charge < -0.3 is 15.2 Å². The summed E-state index contributed by atoms with van der Waals surface area (Å²) in [5, 5.41) is 11.6. The molecule has 1 rings (SSSR count). The van der Waals surface area contributed by atoms with Crippen molar-refractivity contribution in [3.8, 4) is 0 Å². The molecule has 0 bridgehead atoms. The molecular formula is C16H25NO4Si. The normalized spacial score (nSPS) is 12.5. The Hall–Kier alpha value is -1.82. The maximum atomic E-state index is 11.7. The van der Waals surface area contributed by atoms with Crippen molar-refractivity contribution in [2.24, 2.45) is 0 Å². The quantitative estimate of drug-likeness (QED) is 0.721. The second-order valence-corrected chi connectivity index (χ2v) is 12.1. The van der Waals surface area contributed by atoms with Gasteiger partial charge in [0.25, 0.3) is 0 Å². The van der Waals surface area contributed by atoms with Gasteiger partial charge in [0.2, 0.25) is 0 Å². The van der Waals surface area contributed by atoms with E-state index in [0.717, 1.165) is 11.6 Å². The van der Waals surface area contributed by atoms with Crippen molar-refractivity contribution in [3.05, 3.63) is 35.9 Å². The van der Waals surface area contributed by atoms with E-state index in [2.05, 4.69) is 25.0 Å². The predicted molar refractivity (Wildman–Crippen MR) is 88.8 cm³/mol. The van der Waals surface area contributed by atoms with Crippen LogP contribution < -0.4 is 5.32 Å². The number of benzene rings is 1. The van der Waals surface area contributed by atoms with E-state index >= 15 is 0 Å². The average molecular weight is 323 g/mol. The molecule has 22 heavy (non-hydrogen) atoms. The zero-order chi connectivity index (χ0) is 16.6. The number of carboxylic acid groups (broad SMARTS) is 1. The SMILES string of the molecule is C[Si](C)(C)CCOC(=O)N[C@@H](CCc1ccccc1)C(=O)O. The lowest BCUT2D eigenvalue weighted by Crippen LogP contribution is -2.41. The Morgan fingerprint density at radius 2 is 1.86 bits per heavy atom. The molecule has 0 saturated carbocycles. The number of nitrogens with one attached hydrogen (secondary N) is 1. The van der Waals surface area contributed by atoms with Crippen molar-refractivity contribution in [1.82, 2.24) is 5.32 Å². The van der Waals surface area contributed by atoms with Gasteiger partial charge in [-0.1, -0.05) is 50.0 Å². The fraction of sp³-hybridized carbons (Fsp3) is 0.500. The predicted octanol–water partition coefficient (Wildman–Crippen LogP) is 3.14. The Morgan fingerprint density at radius 3 is 2.41 bits per heavy atom. The topological polar surface area (TPSA) is 75.6 Å². The molecule has 2 N–H and O–H groups in total. The Bertz CT molecular complexity index is 485. The molecule has 0 radical (unpaired) electrons. The van der Waals surface area contributed by atoms with Gasteiger partial charge in [0.1, 0.15) is 6.04 Å². The summed E-state index contributed by atoms with van der Waals surface area (Å²) in [5.74, 6) is -1.04. The van der Waals surface area contributed by atoms with Crippen molar-refractivity contribution in [2.45, 2.75) is 44.6 Å². The first-order valence-corrected chi connectivity index (χ1v) is 11.2. The number of aryl methyl sites for hydroxylation is 1. The third-order valence-corrected chi connectivity index (χ3v) is 4.94. The highest BCUT2D eigenvalue weighted by Crippen LogP contribution is 2.08. The molecule has 122 valence electrons. The molecule has 1 aromatic rings. The fourth-order valence-corrected chi connectivity index (χ4v) is 2.56. The second-order valence-electron chi connectivity index (χ2n) is 6.51. The van der Waals surface area contributed by atoms with Crippen LogP contribution in [0.15, 0.2) is 30.3 Å². The molecular weight excluding hydrogens is 298 g/mol. The fourth-order valence-electron chi connectivity index (χ4n) is 1.85. The highest BCUT2D eigenvalue weighted by atomic mass is 28.3. The number of hydrogen-bond donors (Lipinski definition) is 2. The van der Waals surface area contributed by atoms with Crippen molar-refractivity contribution < 1.29 is 19.4 Å². The van der Waals surface area contributed by atoms with Crippen LogP contribution in [0.25, 0.3) is 0 Å².